The van der Waals surface area contributed by atoms with Gasteiger partial charge in [-0.05, 0) is 30.2 Å². The van der Waals surface area contributed by atoms with Gasteiger partial charge in [-0.15, -0.1) is 0 Å². The van der Waals surface area contributed by atoms with Crippen molar-refractivity contribution in [2.75, 3.05) is 20.8 Å². The molecule has 2 aromatic rings. The van der Waals surface area contributed by atoms with Crippen molar-refractivity contribution in [2.45, 2.75) is 26.4 Å². The molecule has 0 atom stereocenters. The topological polar surface area (TPSA) is 59.6 Å². The van der Waals surface area contributed by atoms with E-state index in [0.29, 0.717) is 37.6 Å². The van der Waals surface area contributed by atoms with E-state index in [1.807, 2.05) is 49.4 Å². The van der Waals surface area contributed by atoms with Gasteiger partial charge in [-0.1, -0.05) is 35.9 Å². The zero-order valence-electron chi connectivity index (χ0n) is 15.1. The summed E-state index contributed by atoms with van der Waals surface area (Å²) in [5, 5.41) is 6.20. The molecule has 0 heterocycles. The summed E-state index contributed by atoms with van der Waals surface area (Å²) in [4.78, 5) is 11.9. The molecule has 0 unspecified atom stereocenters. The van der Waals surface area contributed by atoms with E-state index in [1.54, 1.807) is 14.2 Å². The van der Waals surface area contributed by atoms with Gasteiger partial charge in [0.05, 0.1) is 14.2 Å². The molecule has 134 valence electrons. The minimum atomic E-state index is 0.0420. The van der Waals surface area contributed by atoms with Crippen molar-refractivity contribution < 1.29 is 14.3 Å². The lowest BCUT2D eigenvalue weighted by atomic mass is 10.1. The van der Waals surface area contributed by atoms with E-state index in [4.69, 9.17) is 9.47 Å². The molecule has 5 heteroatoms. The van der Waals surface area contributed by atoms with Crippen LogP contribution in [-0.2, 0) is 17.9 Å². The summed E-state index contributed by atoms with van der Waals surface area (Å²) in [5.41, 5.74) is 3.41. The number of benzene rings is 2. The lowest BCUT2D eigenvalue weighted by Crippen LogP contribution is -2.27. The molecule has 1 amide bonds. The van der Waals surface area contributed by atoms with Gasteiger partial charge in [-0.25, -0.2) is 0 Å². The van der Waals surface area contributed by atoms with E-state index in [0.717, 1.165) is 11.1 Å². The van der Waals surface area contributed by atoms with Crippen molar-refractivity contribution in [3.63, 3.8) is 0 Å². The number of carbonyl (C=O) groups excluding carboxylic acids is 1. The second-order valence-corrected chi connectivity index (χ2v) is 5.88. The van der Waals surface area contributed by atoms with Gasteiger partial charge >= 0.3 is 0 Å². The molecule has 0 aliphatic rings. The summed E-state index contributed by atoms with van der Waals surface area (Å²) >= 11 is 0. The largest absolute Gasteiger partial charge is 0.493 e. The second kappa shape index (κ2) is 9.69. The van der Waals surface area contributed by atoms with Gasteiger partial charge in [0, 0.05) is 26.1 Å². The number of aryl methyl sites for hydroxylation is 1. The SMILES string of the molecule is COc1ccc(CNCCC(=O)NCc2ccc(C)cc2)cc1OC. The number of nitrogens with one attached hydrogen (secondary N) is 2. The van der Waals surface area contributed by atoms with E-state index < -0.39 is 0 Å². The third-order valence-corrected chi connectivity index (χ3v) is 3.92. The summed E-state index contributed by atoms with van der Waals surface area (Å²) in [5.74, 6) is 1.46. The number of methoxy groups -OCH3 is 2. The predicted molar refractivity (Wildman–Crippen MR) is 98.9 cm³/mol. The fourth-order valence-electron chi connectivity index (χ4n) is 2.42. The highest BCUT2D eigenvalue weighted by Gasteiger charge is 2.05. The average molecular weight is 342 g/mol. The first kappa shape index (κ1) is 18.8. The molecule has 0 aliphatic heterocycles. The van der Waals surface area contributed by atoms with E-state index in [-0.39, 0.29) is 5.91 Å². The van der Waals surface area contributed by atoms with Crippen LogP contribution in [0.4, 0.5) is 0 Å². The van der Waals surface area contributed by atoms with E-state index >= 15 is 0 Å². The fraction of sp³-hybridized carbons (Fsp3) is 0.350. The molecule has 2 aromatic carbocycles. The van der Waals surface area contributed by atoms with Crippen LogP contribution in [0.25, 0.3) is 0 Å². The standard InChI is InChI=1S/C20H26N2O3/c1-15-4-6-16(7-5-15)14-22-20(23)10-11-21-13-17-8-9-18(24-2)19(12-17)25-3/h4-9,12,21H,10-11,13-14H2,1-3H3,(H,22,23). The number of ether oxygens (including phenoxy) is 2. The Kier molecular flexibility index (Phi) is 7.29. The summed E-state index contributed by atoms with van der Waals surface area (Å²) in [6.07, 6.45) is 0.444. The molecule has 0 radical (unpaired) electrons. The van der Waals surface area contributed by atoms with Crippen LogP contribution in [0.2, 0.25) is 0 Å². The second-order valence-electron chi connectivity index (χ2n) is 5.88. The van der Waals surface area contributed by atoms with Gasteiger partial charge < -0.3 is 20.1 Å². The Morgan fingerprint density at radius 2 is 1.60 bits per heavy atom. The summed E-state index contributed by atoms with van der Waals surface area (Å²) in [6.45, 7) is 3.90. The molecule has 0 saturated carbocycles. The maximum Gasteiger partial charge on any atom is 0.221 e. The molecule has 0 aliphatic carbocycles. The third kappa shape index (κ3) is 6.12. The zero-order chi connectivity index (χ0) is 18.1. The highest BCUT2D eigenvalue weighted by molar-refractivity contribution is 5.76. The molecule has 0 spiro atoms. The Labute approximate surface area is 149 Å². The van der Waals surface area contributed by atoms with E-state index in [9.17, 15) is 4.79 Å². The normalized spacial score (nSPS) is 10.4. The smallest absolute Gasteiger partial charge is 0.221 e. The van der Waals surface area contributed by atoms with Gasteiger partial charge in [0.2, 0.25) is 5.91 Å². The first-order chi connectivity index (χ1) is 12.1. The molecule has 5 nitrogen and oxygen atoms in total. The van der Waals surface area contributed by atoms with E-state index in [1.165, 1.54) is 5.56 Å². The van der Waals surface area contributed by atoms with Gasteiger partial charge in [0.1, 0.15) is 0 Å². The number of rotatable bonds is 9. The predicted octanol–water partition coefficient (Wildman–Crippen LogP) is 2.81. The van der Waals surface area contributed by atoms with Crippen molar-refractivity contribution >= 4 is 5.91 Å². The van der Waals surface area contributed by atoms with Crippen LogP contribution in [0.1, 0.15) is 23.1 Å². The Bertz CT molecular complexity index is 684. The number of hydrogen-bond donors (Lipinski definition) is 2. The zero-order valence-corrected chi connectivity index (χ0v) is 15.1. The van der Waals surface area contributed by atoms with Crippen LogP contribution in [0.3, 0.4) is 0 Å². The van der Waals surface area contributed by atoms with Gasteiger partial charge in [0.15, 0.2) is 11.5 Å². The Morgan fingerprint density at radius 1 is 0.920 bits per heavy atom. The maximum atomic E-state index is 11.9. The highest BCUT2D eigenvalue weighted by Crippen LogP contribution is 2.27. The summed E-state index contributed by atoms with van der Waals surface area (Å²) in [7, 11) is 3.23. The van der Waals surface area contributed by atoms with E-state index in [2.05, 4.69) is 10.6 Å². The molecule has 0 fully saturated rings. The van der Waals surface area contributed by atoms with Crippen molar-refractivity contribution in [3.8, 4) is 11.5 Å². The maximum absolute atomic E-state index is 11.9. The van der Waals surface area contributed by atoms with Crippen molar-refractivity contribution in [3.05, 3.63) is 59.2 Å². The first-order valence-electron chi connectivity index (χ1n) is 8.36. The first-order valence-corrected chi connectivity index (χ1v) is 8.36. The monoisotopic (exact) mass is 342 g/mol. The highest BCUT2D eigenvalue weighted by atomic mass is 16.5. The minimum Gasteiger partial charge on any atom is -0.493 e. The number of carbonyl (C=O) groups is 1. The van der Waals surface area contributed by atoms with Gasteiger partial charge in [-0.3, -0.25) is 4.79 Å². The number of hydrogen-bond acceptors (Lipinski definition) is 4. The van der Waals surface area contributed by atoms with Gasteiger partial charge in [0.25, 0.3) is 0 Å². The van der Waals surface area contributed by atoms with Crippen LogP contribution in [0, 0.1) is 6.92 Å². The van der Waals surface area contributed by atoms with Crippen molar-refractivity contribution in [2.24, 2.45) is 0 Å². The van der Waals surface area contributed by atoms with Crippen molar-refractivity contribution in [1.82, 2.24) is 10.6 Å². The molecule has 2 N–H and O–H groups in total. The molecule has 0 aromatic heterocycles. The Morgan fingerprint density at radius 3 is 2.28 bits per heavy atom. The van der Waals surface area contributed by atoms with Crippen LogP contribution >= 0.6 is 0 Å². The van der Waals surface area contributed by atoms with Crippen molar-refractivity contribution in [1.29, 1.82) is 0 Å². The van der Waals surface area contributed by atoms with Crippen LogP contribution < -0.4 is 20.1 Å². The summed E-state index contributed by atoms with van der Waals surface area (Å²) in [6, 6.07) is 14.0. The summed E-state index contributed by atoms with van der Waals surface area (Å²) < 4.78 is 10.5. The fourth-order valence-corrected chi connectivity index (χ4v) is 2.42. The average Bonchev–Trinajstić information content (AvgIpc) is 2.64. The number of amides is 1. The lowest BCUT2D eigenvalue weighted by molar-refractivity contribution is -0.121. The minimum absolute atomic E-state index is 0.0420. The molecule has 0 bridgehead atoms. The van der Waals surface area contributed by atoms with Crippen LogP contribution in [0.15, 0.2) is 42.5 Å². The van der Waals surface area contributed by atoms with Crippen LogP contribution in [-0.4, -0.2) is 26.7 Å². The third-order valence-electron chi connectivity index (χ3n) is 3.92. The van der Waals surface area contributed by atoms with Gasteiger partial charge in [-0.2, -0.15) is 0 Å². The Hall–Kier alpha value is -2.53. The van der Waals surface area contributed by atoms with Crippen LogP contribution in [0.5, 0.6) is 11.5 Å². The lowest BCUT2D eigenvalue weighted by Gasteiger charge is -2.10. The quantitative estimate of drug-likeness (QED) is 0.688. The Balaban J connectivity index is 1.68. The molecule has 25 heavy (non-hydrogen) atoms. The molecule has 0 saturated heterocycles. The molecule has 2 rings (SSSR count). The molecular formula is C20H26N2O3. The molecular weight excluding hydrogens is 316 g/mol.